The Hall–Kier alpha value is -3.01. The number of allylic oxidation sites excluding steroid dienone is 1. The van der Waals surface area contributed by atoms with Crippen molar-refractivity contribution in [1.29, 1.82) is 0 Å². The molecule has 4 heteroatoms. The van der Waals surface area contributed by atoms with Crippen molar-refractivity contribution in [2.24, 2.45) is 16.6 Å². The second-order valence-electron chi connectivity index (χ2n) is 10.3. The van der Waals surface area contributed by atoms with Crippen LogP contribution >= 0.6 is 0 Å². The zero-order valence-electron chi connectivity index (χ0n) is 20.0. The molecule has 0 unspecified atom stereocenters. The number of nitrogens with two attached hydrogens (primary N) is 1. The number of anilines is 1. The van der Waals surface area contributed by atoms with Crippen molar-refractivity contribution in [3.63, 3.8) is 0 Å². The van der Waals surface area contributed by atoms with Gasteiger partial charge in [0, 0.05) is 58.6 Å². The van der Waals surface area contributed by atoms with Crippen molar-refractivity contribution in [3.05, 3.63) is 53.6 Å². The standard InChI is InChI=1S/C29H34N4/c1-18-16-31-20(3)28(18)22-13-25(19(2)30)29-26(14-22)24-10-9-23(32-11-5-4-6-12-32)15-27(24)33(29)17-21-7-8-21/h9-10,13-15,21H,2,4-8,11-12,16-17,30H2,1,3H3. The quantitative estimate of drug-likeness (QED) is 0.503. The molecular weight excluding hydrogens is 404 g/mol. The molecule has 6 rings (SSSR count). The highest BCUT2D eigenvalue weighted by atomic mass is 15.1. The Morgan fingerprint density at radius 3 is 2.52 bits per heavy atom. The largest absolute Gasteiger partial charge is 0.399 e. The van der Waals surface area contributed by atoms with Crippen LogP contribution in [0, 0.1) is 5.92 Å². The molecule has 2 N–H and O–H groups in total. The van der Waals surface area contributed by atoms with E-state index in [9.17, 15) is 0 Å². The first-order valence-corrected chi connectivity index (χ1v) is 12.5. The van der Waals surface area contributed by atoms with Gasteiger partial charge in [0.1, 0.15) is 0 Å². The van der Waals surface area contributed by atoms with E-state index in [-0.39, 0.29) is 0 Å². The van der Waals surface area contributed by atoms with Gasteiger partial charge in [-0.1, -0.05) is 12.6 Å². The van der Waals surface area contributed by atoms with Crippen molar-refractivity contribution >= 4 is 44.5 Å². The maximum Gasteiger partial charge on any atom is 0.0610 e. The van der Waals surface area contributed by atoms with Crippen molar-refractivity contribution in [2.75, 3.05) is 24.5 Å². The Kier molecular flexibility index (Phi) is 4.86. The molecule has 170 valence electrons. The van der Waals surface area contributed by atoms with Gasteiger partial charge in [-0.15, -0.1) is 0 Å². The Morgan fingerprint density at radius 2 is 1.85 bits per heavy atom. The summed E-state index contributed by atoms with van der Waals surface area (Å²) in [5.74, 6) is 0.773. The van der Waals surface area contributed by atoms with E-state index in [1.54, 1.807) is 0 Å². The molecule has 33 heavy (non-hydrogen) atoms. The average molecular weight is 439 g/mol. The minimum Gasteiger partial charge on any atom is -0.399 e. The lowest BCUT2D eigenvalue weighted by atomic mass is 9.94. The minimum atomic E-state index is 0.642. The Bertz CT molecular complexity index is 1340. The molecule has 0 atom stereocenters. The maximum atomic E-state index is 6.44. The van der Waals surface area contributed by atoms with Gasteiger partial charge in [-0.3, -0.25) is 4.99 Å². The summed E-state index contributed by atoms with van der Waals surface area (Å²) >= 11 is 0. The number of piperidine rings is 1. The molecule has 4 nitrogen and oxygen atoms in total. The van der Waals surface area contributed by atoms with Crippen LogP contribution in [-0.2, 0) is 6.54 Å². The smallest absolute Gasteiger partial charge is 0.0610 e. The van der Waals surface area contributed by atoms with E-state index in [2.05, 4.69) is 65.2 Å². The van der Waals surface area contributed by atoms with Crippen molar-refractivity contribution < 1.29 is 0 Å². The van der Waals surface area contributed by atoms with E-state index in [0.29, 0.717) is 5.70 Å². The lowest BCUT2D eigenvalue weighted by Gasteiger charge is -2.29. The predicted octanol–water partition coefficient (Wildman–Crippen LogP) is 6.37. The molecule has 1 aromatic heterocycles. The third-order valence-electron chi connectivity index (χ3n) is 7.78. The van der Waals surface area contributed by atoms with E-state index in [1.165, 1.54) is 76.3 Å². The fourth-order valence-electron chi connectivity index (χ4n) is 5.87. The summed E-state index contributed by atoms with van der Waals surface area (Å²) in [5.41, 5.74) is 17.0. The SMILES string of the molecule is C=C(N)c1cc(C2=C(C)CN=C2C)cc2c3ccc(N4CCCCC4)cc3n(CC3CC3)c12. The van der Waals surface area contributed by atoms with E-state index in [0.717, 1.165) is 43.4 Å². The van der Waals surface area contributed by atoms with Gasteiger partial charge in [0.2, 0.25) is 0 Å². The number of hydrogen-bond donors (Lipinski definition) is 1. The highest BCUT2D eigenvalue weighted by Gasteiger charge is 2.26. The van der Waals surface area contributed by atoms with Gasteiger partial charge in [-0.05, 0) is 87.3 Å². The van der Waals surface area contributed by atoms with E-state index in [4.69, 9.17) is 5.73 Å². The fraction of sp³-hybridized carbons (Fsp3) is 0.414. The Labute approximate surface area is 196 Å². The van der Waals surface area contributed by atoms with Gasteiger partial charge in [0.05, 0.1) is 17.6 Å². The number of benzene rings is 2. The molecule has 3 heterocycles. The summed E-state index contributed by atoms with van der Waals surface area (Å²) in [7, 11) is 0. The molecule has 0 amide bonds. The van der Waals surface area contributed by atoms with Gasteiger partial charge >= 0.3 is 0 Å². The summed E-state index contributed by atoms with van der Waals surface area (Å²) in [4.78, 5) is 7.24. The van der Waals surface area contributed by atoms with Gasteiger partial charge in [-0.2, -0.15) is 0 Å². The number of hydrogen-bond acceptors (Lipinski definition) is 3. The summed E-state index contributed by atoms with van der Waals surface area (Å²) in [6, 6.07) is 11.7. The molecule has 1 saturated carbocycles. The first kappa shape index (κ1) is 20.6. The van der Waals surface area contributed by atoms with Crippen LogP contribution in [0.2, 0.25) is 0 Å². The summed E-state index contributed by atoms with van der Waals surface area (Å²) < 4.78 is 2.55. The van der Waals surface area contributed by atoms with Gasteiger partial charge in [0.15, 0.2) is 0 Å². The first-order valence-electron chi connectivity index (χ1n) is 12.5. The zero-order valence-corrected chi connectivity index (χ0v) is 20.0. The third kappa shape index (κ3) is 3.47. The number of aromatic nitrogens is 1. The molecule has 0 radical (unpaired) electrons. The molecular formula is C29H34N4. The maximum absolute atomic E-state index is 6.44. The third-order valence-corrected chi connectivity index (χ3v) is 7.78. The molecule has 1 saturated heterocycles. The number of nitrogens with zero attached hydrogens (tertiary/aromatic N) is 3. The summed E-state index contributed by atoms with van der Waals surface area (Å²) in [6.45, 7) is 12.7. The average Bonchev–Trinajstić information content (AvgIpc) is 3.52. The monoisotopic (exact) mass is 438 g/mol. The Balaban J connectivity index is 1.62. The van der Waals surface area contributed by atoms with Crippen LogP contribution in [0.5, 0.6) is 0 Å². The summed E-state index contributed by atoms with van der Waals surface area (Å²) in [5, 5.41) is 2.61. The molecule has 1 aliphatic carbocycles. The molecule has 3 aliphatic rings. The van der Waals surface area contributed by atoms with Crippen molar-refractivity contribution in [2.45, 2.75) is 52.5 Å². The number of rotatable bonds is 5. The van der Waals surface area contributed by atoms with Crippen LogP contribution in [0.1, 0.15) is 57.1 Å². The second-order valence-corrected chi connectivity index (χ2v) is 10.3. The topological polar surface area (TPSA) is 46.5 Å². The van der Waals surface area contributed by atoms with Crippen molar-refractivity contribution in [1.82, 2.24) is 4.57 Å². The predicted molar refractivity (Wildman–Crippen MR) is 142 cm³/mol. The first-order chi connectivity index (χ1) is 16.0. The van der Waals surface area contributed by atoms with E-state index < -0.39 is 0 Å². The molecule has 0 bridgehead atoms. The zero-order chi connectivity index (χ0) is 22.7. The van der Waals surface area contributed by atoms with Gasteiger partial charge in [-0.25, -0.2) is 0 Å². The van der Waals surface area contributed by atoms with Crippen LogP contribution in [0.25, 0.3) is 33.1 Å². The van der Waals surface area contributed by atoms with Crippen LogP contribution in [0.15, 0.2) is 47.5 Å². The minimum absolute atomic E-state index is 0.642. The second kappa shape index (κ2) is 7.79. The highest BCUT2D eigenvalue weighted by Crippen LogP contribution is 2.41. The van der Waals surface area contributed by atoms with Crippen LogP contribution in [0.3, 0.4) is 0 Å². The fourth-order valence-corrected chi connectivity index (χ4v) is 5.87. The highest BCUT2D eigenvalue weighted by molar-refractivity contribution is 6.26. The molecule has 3 aromatic rings. The molecule has 2 aromatic carbocycles. The molecule has 0 spiro atoms. The van der Waals surface area contributed by atoms with Crippen LogP contribution in [0.4, 0.5) is 5.69 Å². The number of fused-ring (bicyclic) bond motifs is 3. The molecule has 2 fully saturated rings. The number of aliphatic imine (C=N–C) groups is 1. The van der Waals surface area contributed by atoms with Gasteiger partial charge < -0.3 is 15.2 Å². The van der Waals surface area contributed by atoms with E-state index in [1.807, 2.05) is 0 Å². The van der Waals surface area contributed by atoms with Crippen LogP contribution in [-0.4, -0.2) is 29.9 Å². The molecule has 2 aliphatic heterocycles. The lowest BCUT2D eigenvalue weighted by molar-refractivity contribution is 0.578. The van der Waals surface area contributed by atoms with Gasteiger partial charge in [0.25, 0.3) is 0 Å². The summed E-state index contributed by atoms with van der Waals surface area (Å²) in [6.07, 6.45) is 6.58. The van der Waals surface area contributed by atoms with E-state index >= 15 is 0 Å². The normalized spacial score (nSPS) is 19.1. The lowest BCUT2D eigenvalue weighted by Crippen LogP contribution is -2.29. The Morgan fingerprint density at radius 1 is 1.06 bits per heavy atom. The van der Waals surface area contributed by atoms with Crippen molar-refractivity contribution in [3.8, 4) is 0 Å². The van der Waals surface area contributed by atoms with Crippen LogP contribution < -0.4 is 10.6 Å².